The zero-order valence-corrected chi connectivity index (χ0v) is 21.6. The van der Waals surface area contributed by atoms with Crippen LogP contribution in [0, 0.1) is 5.92 Å². The van der Waals surface area contributed by atoms with Gasteiger partial charge in [-0.2, -0.15) is 13.2 Å². The summed E-state index contributed by atoms with van der Waals surface area (Å²) in [7, 11) is -4.22. The summed E-state index contributed by atoms with van der Waals surface area (Å²) in [5, 5.41) is 6.43. The molecule has 0 spiro atoms. The van der Waals surface area contributed by atoms with Crippen LogP contribution >= 0.6 is 0 Å². The van der Waals surface area contributed by atoms with Gasteiger partial charge in [-0.25, -0.2) is 13.1 Å². The van der Waals surface area contributed by atoms with E-state index in [2.05, 4.69) is 41.3 Å². The fraction of sp³-hybridized carbons (Fsp3) is 0.500. The highest BCUT2D eigenvalue weighted by Crippen LogP contribution is 2.31. The lowest BCUT2D eigenvalue weighted by atomic mass is 9.86. The predicted molar refractivity (Wildman–Crippen MR) is 133 cm³/mol. The number of sulfonamides is 1. The first-order chi connectivity index (χ1) is 16.8. The van der Waals surface area contributed by atoms with E-state index >= 15 is 0 Å². The number of hydrogen-bond donors (Lipinski definition) is 3. The fourth-order valence-corrected chi connectivity index (χ4v) is 5.67. The van der Waals surface area contributed by atoms with Crippen molar-refractivity contribution in [3.63, 3.8) is 0 Å². The minimum Gasteiger partial charge on any atom is -0.349 e. The van der Waals surface area contributed by atoms with Gasteiger partial charge < -0.3 is 10.6 Å². The van der Waals surface area contributed by atoms with Crippen molar-refractivity contribution in [3.8, 4) is 0 Å². The molecular weight excluding hydrogens is 491 g/mol. The Morgan fingerprint density at radius 3 is 2.56 bits per heavy atom. The first kappa shape index (κ1) is 28.1. The molecule has 0 saturated heterocycles. The smallest absolute Gasteiger partial charge is 0.349 e. The topological polar surface area (TPSA) is 87.3 Å². The summed E-state index contributed by atoms with van der Waals surface area (Å²) in [5.41, 5.74) is 2.41. The van der Waals surface area contributed by atoms with Gasteiger partial charge in [0, 0.05) is 19.0 Å². The number of aryl methyl sites for hydroxylation is 1. The molecule has 0 saturated carbocycles. The Morgan fingerprint density at radius 1 is 1.11 bits per heavy atom. The summed E-state index contributed by atoms with van der Waals surface area (Å²) in [4.78, 5) is 12.2. The van der Waals surface area contributed by atoms with E-state index in [4.69, 9.17) is 0 Å². The number of amides is 1. The molecule has 3 N–H and O–H groups in total. The van der Waals surface area contributed by atoms with Crippen molar-refractivity contribution >= 4 is 15.9 Å². The Hall–Kier alpha value is -2.43. The summed E-state index contributed by atoms with van der Waals surface area (Å²) >= 11 is 0. The lowest BCUT2D eigenvalue weighted by molar-refractivity contribution is -0.137. The second-order valence-electron chi connectivity index (χ2n) is 9.82. The van der Waals surface area contributed by atoms with Gasteiger partial charge in [0.1, 0.15) is 0 Å². The second kappa shape index (κ2) is 11.7. The third-order valence-electron chi connectivity index (χ3n) is 6.06. The quantitative estimate of drug-likeness (QED) is 0.420. The molecule has 198 valence electrons. The van der Waals surface area contributed by atoms with E-state index in [0.29, 0.717) is 12.0 Å². The highest BCUT2D eigenvalue weighted by Gasteiger charge is 2.32. The molecule has 2 aromatic rings. The van der Waals surface area contributed by atoms with Crippen LogP contribution in [0.3, 0.4) is 0 Å². The molecule has 1 aliphatic rings. The summed E-state index contributed by atoms with van der Waals surface area (Å²) in [6, 6.07) is 8.84. The van der Waals surface area contributed by atoms with E-state index in [1.807, 2.05) is 6.07 Å². The van der Waals surface area contributed by atoms with Crippen LogP contribution in [0.4, 0.5) is 13.2 Å². The minimum atomic E-state index is -4.65. The Morgan fingerprint density at radius 2 is 1.86 bits per heavy atom. The summed E-state index contributed by atoms with van der Waals surface area (Å²) in [6.07, 6.45) is -2.14. The maximum absolute atomic E-state index is 13.0. The predicted octanol–water partition coefficient (Wildman–Crippen LogP) is 4.70. The Labute approximate surface area is 211 Å². The number of carbonyl (C=O) groups excluding carboxylic acids is 1. The molecule has 2 aromatic carbocycles. The highest BCUT2D eigenvalue weighted by molar-refractivity contribution is 7.89. The van der Waals surface area contributed by atoms with Crippen LogP contribution in [-0.4, -0.2) is 26.9 Å². The van der Waals surface area contributed by atoms with Gasteiger partial charge in [-0.3, -0.25) is 4.79 Å². The Bertz CT molecular complexity index is 1170. The molecular formula is C26H34F3N3O3S. The molecule has 10 heteroatoms. The van der Waals surface area contributed by atoms with Gasteiger partial charge in [-0.05, 0) is 73.5 Å². The molecule has 1 amide bonds. The molecule has 0 heterocycles. The lowest BCUT2D eigenvalue weighted by Gasteiger charge is -2.27. The first-order valence-electron chi connectivity index (χ1n) is 12.2. The molecule has 0 fully saturated rings. The van der Waals surface area contributed by atoms with Crippen molar-refractivity contribution < 1.29 is 26.4 Å². The van der Waals surface area contributed by atoms with Gasteiger partial charge in [0.05, 0.1) is 16.5 Å². The number of benzene rings is 2. The average molecular weight is 526 g/mol. The standard InChI is InChI=1S/C26H34F3N3O3S/c1-17(2)15-30-16-19-10-11-23-20(13-19)6-4-9-24(23)31-25(33)12-18(3)32-36(34,35)22-8-5-7-21(14-22)26(27,28)29/h5,7-8,10-11,13-14,17-18,24,30,32H,4,6,9,12,15-16H2,1-3H3,(H,31,33)/t18-,24+/m0/s1. The molecule has 0 radical (unpaired) electrons. The number of nitrogens with one attached hydrogen (secondary N) is 3. The van der Waals surface area contributed by atoms with Crippen molar-refractivity contribution in [2.45, 2.75) is 76.2 Å². The molecule has 3 rings (SSSR count). The van der Waals surface area contributed by atoms with Crippen molar-refractivity contribution in [1.29, 1.82) is 0 Å². The minimum absolute atomic E-state index is 0.138. The third-order valence-corrected chi connectivity index (χ3v) is 7.65. The molecule has 0 aliphatic heterocycles. The van der Waals surface area contributed by atoms with Crippen molar-refractivity contribution in [2.75, 3.05) is 6.54 Å². The van der Waals surface area contributed by atoms with Gasteiger partial charge in [0.25, 0.3) is 0 Å². The zero-order valence-electron chi connectivity index (χ0n) is 20.8. The number of hydrogen-bond acceptors (Lipinski definition) is 4. The van der Waals surface area contributed by atoms with Crippen LogP contribution in [0.25, 0.3) is 0 Å². The van der Waals surface area contributed by atoms with E-state index in [-0.39, 0.29) is 18.4 Å². The maximum Gasteiger partial charge on any atom is 0.416 e. The van der Waals surface area contributed by atoms with Crippen molar-refractivity contribution in [1.82, 2.24) is 15.4 Å². The molecule has 2 atom stereocenters. The van der Waals surface area contributed by atoms with Crippen LogP contribution in [-0.2, 0) is 34.0 Å². The van der Waals surface area contributed by atoms with Crippen molar-refractivity contribution in [2.24, 2.45) is 5.92 Å². The number of fused-ring (bicyclic) bond motifs is 1. The third kappa shape index (κ3) is 7.78. The van der Waals surface area contributed by atoms with E-state index in [0.717, 1.165) is 56.1 Å². The molecule has 0 bridgehead atoms. The summed E-state index contributed by atoms with van der Waals surface area (Å²) < 4.78 is 66.3. The van der Waals surface area contributed by atoms with E-state index < -0.39 is 32.7 Å². The van der Waals surface area contributed by atoms with Crippen LogP contribution in [0.5, 0.6) is 0 Å². The Balaban J connectivity index is 1.59. The van der Waals surface area contributed by atoms with Crippen LogP contribution in [0.2, 0.25) is 0 Å². The number of carbonyl (C=O) groups is 1. The molecule has 0 aromatic heterocycles. The van der Waals surface area contributed by atoms with E-state index in [9.17, 15) is 26.4 Å². The normalized spacial score (nSPS) is 17.0. The van der Waals surface area contributed by atoms with E-state index in [1.54, 1.807) is 0 Å². The van der Waals surface area contributed by atoms with E-state index in [1.165, 1.54) is 18.1 Å². The van der Waals surface area contributed by atoms with Gasteiger partial charge >= 0.3 is 6.18 Å². The van der Waals surface area contributed by atoms with Gasteiger partial charge in [-0.1, -0.05) is 38.1 Å². The summed E-state index contributed by atoms with van der Waals surface area (Å²) in [6.45, 7) is 7.54. The fourth-order valence-electron chi connectivity index (χ4n) is 4.38. The first-order valence-corrected chi connectivity index (χ1v) is 13.6. The van der Waals surface area contributed by atoms with Crippen LogP contribution < -0.4 is 15.4 Å². The summed E-state index contributed by atoms with van der Waals surface area (Å²) in [5.74, 6) is 0.244. The number of halogens is 3. The molecule has 6 nitrogen and oxygen atoms in total. The van der Waals surface area contributed by atoms with Gasteiger partial charge in [-0.15, -0.1) is 0 Å². The number of rotatable bonds is 10. The second-order valence-corrected chi connectivity index (χ2v) is 11.5. The van der Waals surface area contributed by atoms with Gasteiger partial charge in [0.2, 0.25) is 15.9 Å². The highest BCUT2D eigenvalue weighted by atomic mass is 32.2. The SMILES string of the molecule is CC(C)CNCc1ccc2c(c1)CCC[C@H]2NC(=O)C[C@H](C)NS(=O)(=O)c1cccc(C(F)(F)F)c1. The molecule has 1 aliphatic carbocycles. The zero-order chi connectivity index (χ0) is 26.5. The largest absolute Gasteiger partial charge is 0.416 e. The lowest BCUT2D eigenvalue weighted by Crippen LogP contribution is -2.39. The van der Waals surface area contributed by atoms with Gasteiger partial charge in [0.15, 0.2) is 0 Å². The average Bonchev–Trinajstić information content (AvgIpc) is 2.78. The monoisotopic (exact) mass is 525 g/mol. The van der Waals surface area contributed by atoms with Crippen molar-refractivity contribution in [3.05, 3.63) is 64.7 Å². The molecule has 0 unspecified atom stereocenters. The van der Waals surface area contributed by atoms with Crippen LogP contribution in [0.15, 0.2) is 47.4 Å². The van der Waals surface area contributed by atoms with Crippen LogP contribution in [0.1, 0.15) is 68.3 Å². The number of alkyl halides is 3. The molecule has 36 heavy (non-hydrogen) atoms. The Kier molecular flexibility index (Phi) is 9.18. The maximum atomic E-state index is 13.0.